The van der Waals surface area contributed by atoms with Crippen LogP contribution in [0.15, 0.2) is 0 Å². The van der Waals surface area contributed by atoms with Gasteiger partial charge in [0.15, 0.2) is 0 Å². The van der Waals surface area contributed by atoms with Crippen LogP contribution < -0.4 is 10.6 Å². The van der Waals surface area contributed by atoms with E-state index >= 15 is 0 Å². The molecule has 0 heterocycles. The Morgan fingerprint density at radius 2 is 2.00 bits per heavy atom. The molecule has 2 atom stereocenters. The quantitative estimate of drug-likeness (QED) is 0.620. The van der Waals surface area contributed by atoms with Gasteiger partial charge < -0.3 is 15.7 Å². The number of urea groups is 1. The zero-order valence-corrected chi connectivity index (χ0v) is 11.5. The minimum atomic E-state index is -0.840. The number of hydrogen-bond acceptors (Lipinski definition) is 3. The van der Waals surface area contributed by atoms with Crippen LogP contribution in [-0.2, 0) is 4.79 Å². The maximum atomic E-state index is 11.4. The molecule has 5 nitrogen and oxygen atoms in total. The van der Waals surface area contributed by atoms with E-state index in [0.717, 1.165) is 5.75 Å². The van der Waals surface area contributed by atoms with Crippen molar-refractivity contribution in [1.29, 1.82) is 0 Å². The van der Waals surface area contributed by atoms with Gasteiger partial charge in [0.1, 0.15) is 0 Å². The van der Waals surface area contributed by atoms with Gasteiger partial charge in [-0.25, -0.2) is 4.79 Å². The number of carbonyl (C=O) groups is 2. The largest absolute Gasteiger partial charge is 0.481 e. The first-order valence-electron chi connectivity index (χ1n) is 5.70. The third-order valence-electron chi connectivity index (χ3n) is 2.23. The van der Waals surface area contributed by atoms with E-state index in [0.29, 0.717) is 18.9 Å². The molecule has 0 aliphatic heterocycles. The molecule has 0 aliphatic rings. The van der Waals surface area contributed by atoms with Crippen LogP contribution in [0.5, 0.6) is 0 Å². The molecule has 0 saturated carbocycles. The Kier molecular flexibility index (Phi) is 8.66. The molecule has 0 aliphatic carbocycles. The van der Waals surface area contributed by atoms with Crippen LogP contribution in [0.25, 0.3) is 0 Å². The molecule has 2 unspecified atom stereocenters. The van der Waals surface area contributed by atoms with Crippen LogP contribution in [0, 0.1) is 5.92 Å². The third-order valence-corrected chi connectivity index (χ3v) is 3.13. The molecule has 0 saturated heterocycles. The molecule has 2 amide bonds. The molecule has 0 radical (unpaired) electrons. The van der Waals surface area contributed by atoms with Crippen LogP contribution in [0.1, 0.15) is 26.7 Å². The molecule has 0 bridgehead atoms. The zero-order chi connectivity index (χ0) is 13.3. The normalized spacial score (nSPS) is 13.8. The standard InChI is InChI=1S/C11H22N2O3S/c1-8(7-17-3)6-12-11(16)13-9(2)4-5-10(14)15/h8-9H,4-7H2,1-3H3,(H,14,15)(H2,12,13,16). The van der Waals surface area contributed by atoms with Gasteiger partial charge in [0.2, 0.25) is 0 Å². The second kappa shape index (κ2) is 9.15. The zero-order valence-electron chi connectivity index (χ0n) is 10.7. The Labute approximate surface area is 107 Å². The lowest BCUT2D eigenvalue weighted by atomic mass is 10.2. The third kappa shape index (κ3) is 9.99. The topological polar surface area (TPSA) is 78.4 Å². The van der Waals surface area contributed by atoms with Crippen LogP contribution in [-0.4, -0.2) is 41.7 Å². The number of carboxylic acid groups (broad SMARTS) is 1. The molecule has 0 fully saturated rings. The van der Waals surface area contributed by atoms with Crippen molar-refractivity contribution in [3.05, 3.63) is 0 Å². The van der Waals surface area contributed by atoms with E-state index in [1.165, 1.54) is 0 Å². The summed E-state index contributed by atoms with van der Waals surface area (Å²) in [5.74, 6) is 0.604. The van der Waals surface area contributed by atoms with Gasteiger partial charge in [-0.2, -0.15) is 11.8 Å². The SMILES string of the molecule is CSCC(C)CNC(=O)NC(C)CCC(=O)O. The highest BCUT2D eigenvalue weighted by molar-refractivity contribution is 7.98. The summed E-state index contributed by atoms with van der Waals surface area (Å²) in [6.07, 6.45) is 2.55. The maximum Gasteiger partial charge on any atom is 0.315 e. The maximum absolute atomic E-state index is 11.4. The van der Waals surface area contributed by atoms with Gasteiger partial charge in [-0.15, -0.1) is 0 Å². The first kappa shape index (κ1) is 16.1. The van der Waals surface area contributed by atoms with Gasteiger partial charge in [0.05, 0.1) is 0 Å². The Hall–Kier alpha value is -0.910. The molecule has 0 aromatic carbocycles. The molecule has 3 N–H and O–H groups in total. The van der Waals surface area contributed by atoms with E-state index in [4.69, 9.17) is 5.11 Å². The second-order valence-corrected chi connectivity index (χ2v) is 5.16. The summed E-state index contributed by atoms with van der Waals surface area (Å²) >= 11 is 1.75. The molecule has 0 rings (SSSR count). The summed E-state index contributed by atoms with van der Waals surface area (Å²) < 4.78 is 0. The molecule has 100 valence electrons. The van der Waals surface area contributed by atoms with E-state index in [1.807, 2.05) is 6.26 Å². The number of amides is 2. The fraction of sp³-hybridized carbons (Fsp3) is 0.818. The van der Waals surface area contributed by atoms with E-state index in [9.17, 15) is 9.59 Å². The van der Waals surface area contributed by atoms with Crippen LogP contribution >= 0.6 is 11.8 Å². The number of nitrogens with one attached hydrogen (secondary N) is 2. The highest BCUT2D eigenvalue weighted by atomic mass is 32.2. The molecule has 17 heavy (non-hydrogen) atoms. The smallest absolute Gasteiger partial charge is 0.315 e. The van der Waals surface area contributed by atoms with E-state index in [-0.39, 0.29) is 18.5 Å². The highest BCUT2D eigenvalue weighted by Crippen LogP contribution is 2.02. The van der Waals surface area contributed by atoms with Gasteiger partial charge >= 0.3 is 12.0 Å². The molecule has 0 aromatic heterocycles. The summed E-state index contributed by atoms with van der Waals surface area (Å²) in [5, 5.41) is 14.0. The van der Waals surface area contributed by atoms with Crippen molar-refractivity contribution >= 4 is 23.8 Å². The van der Waals surface area contributed by atoms with Gasteiger partial charge in [-0.05, 0) is 31.3 Å². The van der Waals surface area contributed by atoms with Crippen LogP contribution in [0.2, 0.25) is 0 Å². The number of thioether (sulfide) groups is 1. The number of aliphatic carboxylic acids is 1. The van der Waals surface area contributed by atoms with Crippen molar-refractivity contribution in [2.45, 2.75) is 32.7 Å². The number of carbonyl (C=O) groups excluding carboxylic acids is 1. The van der Waals surface area contributed by atoms with Crippen LogP contribution in [0.4, 0.5) is 4.79 Å². The van der Waals surface area contributed by atoms with E-state index in [1.54, 1.807) is 18.7 Å². The Morgan fingerprint density at radius 3 is 2.53 bits per heavy atom. The van der Waals surface area contributed by atoms with Crippen molar-refractivity contribution in [1.82, 2.24) is 10.6 Å². The van der Waals surface area contributed by atoms with Crippen LogP contribution in [0.3, 0.4) is 0 Å². The lowest BCUT2D eigenvalue weighted by Gasteiger charge is -2.15. The Morgan fingerprint density at radius 1 is 1.35 bits per heavy atom. The van der Waals surface area contributed by atoms with Crippen molar-refractivity contribution in [3.8, 4) is 0 Å². The lowest BCUT2D eigenvalue weighted by molar-refractivity contribution is -0.137. The minimum Gasteiger partial charge on any atom is -0.481 e. The van der Waals surface area contributed by atoms with Crippen molar-refractivity contribution in [2.24, 2.45) is 5.92 Å². The number of hydrogen-bond donors (Lipinski definition) is 3. The highest BCUT2D eigenvalue weighted by Gasteiger charge is 2.09. The predicted octanol–water partition coefficient (Wildman–Crippen LogP) is 1.54. The summed E-state index contributed by atoms with van der Waals surface area (Å²) in [7, 11) is 0. The van der Waals surface area contributed by atoms with Crippen molar-refractivity contribution in [2.75, 3.05) is 18.6 Å². The number of carboxylic acids is 1. The van der Waals surface area contributed by atoms with Gasteiger partial charge in [0, 0.05) is 19.0 Å². The van der Waals surface area contributed by atoms with Gasteiger partial charge in [-0.1, -0.05) is 6.92 Å². The van der Waals surface area contributed by atoms with Gasteiger partial charge in [0.25, 0.3) is 0 Å². The number of rotatable bonds is 8. The first-order chi connectivity index (χ1) is 7.95. The first-order valence-corrected chi connectivity index (χ1v) is 7.10. The summed E-state index contributed by atoms with van der Waals surface area (Å²) in [6, 6.07) is -0.349. The van der Waals surface area contributed by atoms with E-state index < -0.39 is 5.97 Å². The molecule has 0 spiro atoms. The van der Waals surface area contributed by atoms with Gasteiger partial charge in [-0.3, -0.25) is 4.79 Å². The molecule has 6 heteroatoms. The summed E-state index contributed by atoms with van der Waals surface area (Å²) in [5.41, 5.74) is 0. The molecular formula is C11H22N2O3S. The average molecular weight is 262 g/mol. The Balaban J connectivity index is 3.67. The summed E-state index contributed by atoms with van der Waals surface area (Å²) in [6.45, 7) is 4.51. The Bertz CT molecular complexity index is 249. The fourth-order valence-electron chi connectivity index (χ4n) is 1.30. The minimum absolute atomic E-state index is 0.0737. The van der Waals surface area contributed by atoms with Crippen molar-refractivity contribution < 1.29 is 14.7 Å². The van der Waals surface area contributed by atoms with Crippen molar-refractivity contribution in [3.63, 3.8) is 0 Å². The fourth-order valence-corrected chi connectivity index (χ4v) is 1.98. The molecular weight excluding hydrogens is 240 g/mol. The average Bonchev–Trinajstić information content (AvgIpc) is 2.24. The lowest BCUT2D eigenvalue weighted by Crippen LogP contribution is -2.42. The summed E-state index contributed by atoms with van der Waals surface area (Å²) in [4.78, 5) is 21.8. The van der Waals surface area contributed by atoms with E-state index in [2.05, 4.69) is 17.6 Å². The second-order valence-electron chi connectivity index (χ2n) is 4.25. The monoisotopic (exact) mass is 262 g/mol. The molecule has 0 aromatic rings. The predicted molar refractivity (Wildman–Crippen MR) is 70.4 cm³/mol.